The number of carboxylic acid groups (broad SMARTS) is 1. The van der Waals surface area contributed by atoms with Gasteiger partial charge in [-0.15, -0.1) is 4.72 Å². The maximum Gasteiger partial charge on any atom is 0.305 e. The summed E-state index contributed by atoms with van der Waals surface area (Å²) in [5.74, 6) is -1.48. The molecule has 0 heterocycles. The molecular weight excluding hydrogens is 293 g/mol. The van der Waals surface area contributed by atoms with Crippen molar-refractivity contribution in [3.63, 3.8) is 0 Å². The Morgan fingerprint density at radius 3 is 2.76 bits per heavy atom. The van der Waals surface area contributed by atoms with Crippen molar-refractivity contribution in [1.82, 2.24) is 4.72 Å². The van der Waals surface area contributed by atoms with Crippen molar-refractivity contribution in [3.05, 3.63) is 35.1 Å². The summed E-state index contributed by atoms with van der Waals surface area (Å²) in [6.07, 6.45) is 0.717. The van der Waals surface area contributed by atoms with E-state index in [1.54, 1.807) is 32.9 Å². The van der Waals surface area contributed by atoms with Gasteiger partial charge in [-0.05, 0) is 45.2 Å². The van der Waals surface area contributed by atoms with Crippen LogP contribution in [0, 0.1) is 5.82 Å². The highest BCUT2D eigenvalue weighted by atomic mass is 32.2. The van der Waals surface area contributed by atoms with E-state index in [2.05, 4.69) is 4.72 Å². The Morgan fingerprint density at radius 1 is 1.52 bits per heavy atom. The molecule has 0 fully saturated rings. The molecule has 4 nitrogen and oxygen atoms in total. The van der Waals surface area contributed by atoms with E-state index in [-0.39, 0.29) is 6.42 Å². The van der Waals surface area contributed by atoms with Gasteiger partial charge in [0.25, 0.3) is 0 Å². The predicted molar refractivity (Wildman–Crippen MR) is 79.7 cm³/mol. The summed E-state index contributed by atoms with van der Waals surface area (Å²) in [7, 11) is 0. The van der Waals surface area contributed by atoms with Gasteiger partial charge in [-0.2, -0.15) is 0 Å². The normalized spacial score (nSPS) is 22.9. The van der Waals surface area contributed by atoms with Crippen LogP contribution in [0.5, 0.6) is 0 Å². The zero-order valence-electron chi connectivity index (χ0n) is 12.4. The Morgan fingerprint density at radius 2 is 2.19 bits per heavy atom. The highest BCUT2D eigenvalue weighted by molar-refractivity contribution is 7.90. The first-order valence-corrected chi connectivity index (χ1v) is 8.00. The fourth-order valence-corrected chi connectivity index (χ4v) is 3.63. The number of aliphatic carboxylic acids is 1. The molecule has 0 saturated heterocycles. The van der Waals surface area contributed by atoms with Gasteiger partial charge in [-0.1, -0.05) is 12.1 Å². The molecule has 0 aromatic heterocycles. The van der Waals surface area contributed by atoms with Gasteiger partial charge in [0.05, 0.1) is 6.42 Å². The lowest BCUT2D eigenvalue weighted by molar-refractivity contribution is -0.138. The molecule has 21 heavy (non-hydrogen) atoms. The Bertz CT molecular complexity index is 558. The smallest absolute Gasteiger partial charge is 0.305 e. The largest absolute Gasteiger partial charge is 0.598 e. The summed E-state index contributed by atoms with van der Waals surface area (Å²) in [6.45, 7) is 5.38. The van der Waals surface area contributed by atoms with E-state index in [1.165, 1.54) is 6.07 Å². The number of rotatable bonds is 4. The van der Waals surface area contributed by atoms with Gasteiger partial charge < -0.3 is 9.66 Å². The summed E-state index contributed by atoms with van der Waals surface area (Å²) in [5.41, 5.74) is 0.0321. The first kappa shape index (κ1) is 16.3. The molecular formula is C15H20FNO3S. The van der Waals surface area contributed by atoms with Crippen LogP contribution in [0.1, 0.15) is 44.7 Å². The molecule has 1 aliphatic rings. The minimum Gasteiger partial charge on any atom is -0.598 e. The molecule has 116 valence electrons. The molecule has 0 bridgehead atoms. The highest BCUT2D eigenvalue weighted by Crippen LogP contribution is 2.42. The van der Waals surface area contributed by atoms with Gasteiger partial charge in [0.15, 0.2) is 0 Å². The van der Waals surface area contributed by atoms with Crippen molar-refractivity contribution < 1.29 is 18.8 Å². The first-order chi connectivity index (χ1) is 9.66. The van der Waals surface area contributed by atoms with Gasteiger partial charge in [-0.3, -0.25) is 4.79 Å². The van der Waals surface area contributed by atoms with E-state index < -0.39 is 33.4 Å². The van der Waals surface area contributed by atoms with Crippen LogP contribution in [0.3, 0.4) is 0 Å². The maximum atomic E-state index is 14.3. The van der Waals surface area contributed by atoms with E-state index in [0.29, 0.717) is 18.4 Å². The third-order valence-electron chi connectivity index (χ3n) is 3.70. The summed E-state index contributed by atoms with van der Waals surface area (Å²) < 4.78 is 29.0. The van der Waals surface area contributed by atoms with Crippen LogP contribution in [0.4, 0.5) is 4.39 Å². The van der Waals surface area contributed by atoms with Crippen LogP contribution in [-0.4, -0.2) is 20.4 Å². The molecule has 6 heteroatoms. The number of nitrogens with one attached hydrogen (secondary N) is 1. The fourth-order valence-electron chi connectivity index (χ4n) is 2.69. The van der Waals surface area contributed by atoms with Crippen LogP contribution in [-0.2, 0) is 28.1 Å². The van der Waals surface area contributed by atoms with Crippen molar-refractivity contribution in [2.45, 2.75) is 50.3 Å². The Balaban J connectivity index is 2.45. The quantitative estimate of drug-likeness (QED) is 0.838. The zero-order chi connectivity index (χ0) is 15.8. The molecule has 0 amide bonds. The fraction of sp³-hybridized carbons (Fsp3) is 0.533. The van der Waals surface area contributed by atoms with Gasteiger partial charge in [-0.25, -0.2) is 4.39 Å². The van der Waals surface area contributed by atoms with Crippen LogP contribution >= 0.6 is 0 Å². The van der Waals surface area contributed by atoms with Crippen LogP contribution in [0.25, 0.3) is 0 Å². The Kier molecular flexibility index (Phi) is 4.33. The standard InChI is InChI=1S/C15H20FNO3S/c1-14(2,3)21(20)17-15(9-12(18)19)8-7-10-5-4-6-11(16)13(10)15/h4-6,17H,7-9H2,1-3H3,(H,18,19)/t15-,21+/m0/s1. The molecule has 1 aromatic rings. The van der Waals surface area contributed by atoms with Gasteiger partial charge in [0.1, 0.15) is 16.1 Å². The van der Waals surface area contributed by atoms with Crippen molar-refractivity contribution in [3.8, 4) is 0 Å². The van der Waals surface area contributed by atoms with Crippen LogP contribution in [0.15, 0.2) is 18.2 Å². The zero-order valence-corrected chi connectivity index (χ0v) is 13.2. The third-order valence-corrected chi connectivity index (χ3v) is 5.39. The van der Waals surface area contributed by atoms with E-state index >= 15 is 0 Å². The number of aryl methyl sites for hydroxylation is 1. The number of halogens is 1. The number of fused-ring (bicyclic) bond motifs is 1. The lowest BCUT2D eigenvalue weighted by Gasteiger charge is -2.34. The molecule has 2 N–H and O–H groups in total. The van der Waals surface area contributed by atoms with E-state index in [1.807, 2.05) is 0 Å². The van der Waals surface area contributed by atoms with Gasteiger partial charge >= 0.3 is 5.97 Å². The molecule has 0 radical (unpaired) electrons. The van der Waals surface area contributed by atoms with Crippen molar-refractivity contribution in [1.29, 1.82) is 0 Å². The number of hydrogen-bond acceptors (Lipinski definition) is 3. The van der Waals surface area contributed by atoms with Crippen molar-refractivity contribution in [2.75, 3.05) is 0 Å². The van der Waals surface area contributed by atoms with E-state index in [0.717, 1.165) is 5.56 Å². The predicted octanol–water partition coefficient (Wildman–Crippen LogP) is 2.49. The molecule has 2 atom stereocenters. The summed E-state index contributed by atoms with van der Waals surface area (Å²) in [5, 5.41) is 9.21. The van der Waals surface area contributed by atoms with E-state index in [9.17, 15) is 18.8 Å². The highest BCUT2D eigenvalue weighted by Gasteiger charge is 2.47. The maximum absolute atomic E-state index is 14.3. The molecule has 1 aliphatic carbocycles. The second-order valence-electron chi connectivity index (χ2n) is 6.41. The van der Waals surface area contributed by atoms with Crippen molar-refractivity contribution >= 4 is 17.3 Å². The number of benzene rings is 1. The van der Waals surface area contributed by atoms with Crippen LogP contribution in [0.2, 0.25) is 0 Å². The Labute approximate surface area is 127 Å². The molecule has 0 spiro atoms. The second kappa shape index (κ2) is 5.59. The average Bonchev–Trinajstić information content (AvgIpc) is 2.67. The number of carbonyl (C=O) groups is 1. The number of hydrogen-bond donors (Lipinski definition) is 2. The minimum atomic E-state index is -1.48. The SMILES string of the molecule is CC(C)(C)[S@@+]([O-])N[C@]1(CC(=O)O)CCc2cccc(F)c21. The van der Waals surface area contributed by atoms with Crippen LogP contribution < -0.4 is 4.72 Å². The molecule has 0 unspecified atom stereocenters. The molecule has 1 aromatic carbocycles. The van der Waals surface area contributed by atoms with Crippen molar-refractivity contribution in [2.24, 2.45) is 0 Å². The first-order valence-electron chi connectivity index (χ1n) is 6.85. The van der Waals surface area contributed by atoms with E-state index in [4.69, 9.17) is 0 Å². The molecule has 0 aliphatic heterocycles. The van der Waals surface area contributed by atoms with Gasteiger partial charge in [0, 0.05) is 16.9 Å². The lowest BCUT2D eigenvalue weighted by Crippen LogP contribution is -2.51. The second-order valence-corrected chi connectivity index (χ2v) is 8.38. The summed E-state index contributed by atoms with van der Waals surface area (Å²) in [6, 6.07) is 4.73. The summed E-state index contributed by atoms with van der Waals surface area (Å²) in [4.78, 5) is 11.3. The monoisotopic (exact) mass is 313 g/mol. The van der Waals surface area contributed by atoms with Gasteiger partial charge in [0.2, 0.25) is 0 Å². The Hall–Kier alpha value is -1.11. The summed E-state index contributed by atoms with van der Waals surface area (Å²) >= 11 is -1.48. The average molecular weight is 313 g/mol. The third kappa shape index (κ3) is 3.22. The molecule has 2 rings (SSSR count). The minimum absolute atomic E-state index is 0.289. The molecule has 0 saturated carbocycles. The lowest BCUT2D eigenvalue weighted by atomic mass is 9.89. The topological polar surface area (TPSA) is 72.4 Å². The number of carboxylic acids is 1.